The highest BCUT2D eigenvalue weighted by Crippen LogP contribution is 2.35. The number of nitrogens with zero attached hydrogens (tertiary/aromatic N) is 1. The van der Waals surface area contributed by atoms with Crippen LogP contribution in [0.5, 0.6) is 5.75 Å². The van der Waals surface area contributed by atoms with Crippen molar-refractivity contribution in [2.45, 2.75) is 39.2 Å². The van der Waals surface area contributed by atoms with Crippen LogP contribution in [0.25, 0.3) is 0 Å². The minimum Gasteiger partial charge on any atom is -0.497 e. The fraction of sp³-hybridized carbons (Fsp3) is 0.391. The Kier molecular flexibility index (Phi) is 6.02. The number of carbonyl (C=O) groups is 2. The van der Waals surface area contributed by atoms with Gasteiger partial charge < -0.3 is 9.47 Å². The number of aryl methyl sites for hydroxylation is 1. The second kappa shape index (κ2) is 8.46. The van der Waals surface area contributed by atoms with Crippen LogP contribution in [0.3, 0.4) is 0 Å². The lowest BCUT2D eigenvalue weighted by molar-refractivity contribution is -0.129. The molecule has 0 spiro atoms. The summed E-state index contributed by atoms with van der Waals surface area (Å²) < 4.78 is 10.5. The summed E-state index contributed by atoms with van der Waals surface area (Å²) in [7, 11) is 1.64. The van der Waals surface area contributed by atoms with E-state index < -0.39 is 6.09 Å². The van der Waals surface area contributed by atoms with Crippen molar-refractivity contribution in [2.75, 3.05) is 13.7 Å². The average Bonchev–Trinajstić information content (AvgIpc) is 3.08. The summed E-state index contributed by atoms with van der Waals surface area (Å²) in [4.78, 5) is 26.7. The molecule has 1 heterocycles. The number of ether oxygens (including phenoxy) is 2. The number of hydrogen-bond donors (Lipinski definition) is 0. The number of amides is 2. The van der Waals surface area contributed by atoms with Gasteiger partial charge >= 0.3 is 6.09 Å². The predicted octanol–water partition coefficient (Wildman–Crippen LogP) is 4.85. The SMILES string of the molecule is COc1ccc([C@@H](CC(=O)N2C(=O)OC[C@@H]2c2ccccc2)C(C)C)c(C)c1. The molecule has 1 fully saturated rings. The van der Waals surface area contributed by atoms with Gasteiger partial charge in [-0.2, -0.15) is 0 Å². The van der Waals surface area contributed by atoms with E-state index >= 15 is 0 Å². The molecule has 2 aromatic rings. The van der Waals surface area contributed by atoms with E-state index in [1.54, 1.807) is 7.11 Å². The maximum absolute atomic E-state index is 13.2. The summed E-state index contributed by atoms with van der Waals surface area (Å²) in [6.07, 6.45) is -0.309. The predicted molar refractivity (Wildman–Crippen MR) is 107 cm³/mol. The lowest BCUT2D eigenvalue weighted by Gasteiger charge is -2.26. The molecule has 3 rings (SSSR count). The Morgan fingerprint density at radius 1 is 1.21 bits per heavy atom. The van der Waals surface area contributed by atoms with Crippen LogP contribution in [-0.4, -0.2) is 30.6 Å². The summed E-state index contributed by atoms with van der Waals surface area (Å²) in [6.45, 7) is 6.41. The largest absolute Gasteiger partial charge is 0.497 e. The number of imide groups is 1. The van der Waals surface area contributed by atoms with Crippen molar-refractivity contribution in [2.24, 2.45) is 5.92 Å². The van der Waals surface area contributed by atoms with Crippen molar-refractivity contribution in [3.05, 3.63) is 65.2 Å². The standard InChI is InChI=1S/C23H27NO4/c1-15(2)20(19-11-10-18(27-4)12-16(19)3)13-22(25)24-21(14-28-23(24)26)17-8-6-5-7-9-17/h5-12,15,20-21H,13-14H2,1-4H3/t20-,21+/m0/s1. The first-order valence-corrected chi connectivity index (χ1v) is 9.60. The zero-order valence-corrected chi connectivity index (χ0v) is 16.8. The maximum Gasteiger partial charge on any atom is 0.417 e. The van der Waals surface area contributed by atoms with E-state index in [1.165, 1.54) is 4.90 Å². The Bertz CT molecular complexity index is 847. The van der Waals surface area contributed by atoms with Gasteiger partial charge in [-0.3, -0.25) is 4.79 Å². The molecule has 5 heteroatoms. The monoisotopic (exact) mass is 381 g/mol. The molecule has 5 nitrogen and oxygen atoms in total. The third kappa shape index (κ3) is 4.03. The highest BCUT2D eigenvalue weighted by atomic mass is 16.6. The van der Waals surface area contributed by atoms with E-state index in [1.807, 2.05) is 55.5 Å². The highest BCUT2D eigenvalue weighted by Gasteiger charge is 2.39. The van der Waals surface area contributed by atoms with Gasteiger partial charge in [0, 0.05) is 6.42 Å². The van der Waals surface area contributed by atoms with Crippen LogP contribution < -0.4 is 4.74 Å². The lowest BCUT2D eigenvalue weighted by atomic mass is 9.83. The van der Waals surface area contributed by atoms with Gasteiger partial charge in [-0.1, -0.05) is 50.2 Å². The summed E-state index contributed by atoms with van der Waals surface area (Å²) in [5, 5.41) is 0. The summed E-state index contributed by atoms with van der Waals surface area (Å²) in [5.41, 5.74) is 3.09. The highest BCUT2D eigenvalue weighted by molar-refractivity contribution is 5.94. The second-order valence-corrected chi connectivity index (χ2v) is 7.54. The van der Waals surface area contributed by atoms with Gasteiger partial charge in [0.1, 0.15) is 18.4 Å². The number of methoxy groups -OCH3 is 1. The summed E-state index contributed by atoms with van der Waals surface area (Å²) in [6, 6.07) is 15.1. The molecule has 2 amide bonds. The molecule has 2 atom stereocenters. The summed E-state index contributed by atoms with van der Waals surface area (Å²) in [5.74, 6) is 0.834. The second-order valence-electron chi connectivity index (χ2n) is 7.54. The van der Waals surface area contributed by atoms with Crippen molar-refractivity contribution in [1.82, 2.24) is 4.90 Å². The molecule has 0 aromatic heterocycles. The van der Waals surface area contributed by atoms with E-state index in [2.05, 4.69) is 13.8 Å². The van der Waals surface area contributed by atoms with Crippen LogP contribution in [0.1, 0.15) is 48.9 Å². The van der Waals surface area contributed by atoms with Crippen LogP contribution in [0.15, 0.2) is 48.5 Å². The van der Waals surface area contributed by atoms with Crippen LogP contribution >= 0.6 is 0 Å². The molecule has 148 valence electrons. The fourth-order valence-electron chi connectivity index (χ4n) is 3.80. The molecule has 0 N–H and O–H groups in total. The van der Waals surface area contributed by atoms with Gasteiger partial charge in [-0.25, -0.2) is 9.69 Å². The molecule has 1 saturated heterocycles. The molecule has 2 aromatic carbocycles. The number of hydrogen-bond acceptors (Lipinski definition) is 4. The van der Waals surface area contributed by atoms with E-state index in [4.69, 9.17) is 9.47 Å². The normalized spacial score (nSPS) is 17.5. The van der Waals surface area contributed by atoms with Crippen molar-refractivity contribution in [1.29, 1.82) is 0 Å². The number of rotatable bonds is 6. The minimum atomic E-state index is -0.562. The van der Waals surface area contributed by atoms with Gasteiger partial charge in [0.05, 0.1) is 7.11 Å². The van der Waals surface area contributed by atoms with Crippen LogP contribution in [-0.2, 0) is 9.53 Å². The van der Waals surface area contributed by atoms with Gasteiger partial charge in [-0.15, -0.1) is 0 Å². The zero-order valence-electron chi connectivity index (χ0n) is 16.8. The topological polar surface area (TPSA) is 55.8 Å². The molecular formula is C23H27NO4. The Hall–Kier alpha value is -2.82. The molecule has 0 saturated carbocycles. The van der Waals surface area contributed by atoms with Gasteiger partial charge in [0.2, 0.25) is 5.91 Å². The Morgan fingerprint density at radius 3 is 2.54 bits per heavy atom. The summed E-state index contributed by atoms with van der Waals surface area (Å²) >= 11 is 0. The number of cyclic esters (lactones) is 1. The smallest absolute Gasteiger partial charge is 0.417 e. The first kappa shape index (κ1) is 19.9. The van der Waals surface area contributed by atoms with E-state index in [0.29, 0.717) is 0 Å². The quantitative estimate of drug-likeness (QED) is 0.717. The van der Waals surface area contributed by atoms with Crippen LogP contribution in [0, 0.1) is 12.8 Å². The van der Waals surface area contributed by atoms with Crippen molar-refractivity contribution in [3.63, 3.8) is 0 Å². The average molecular weight is 381 g/mol. The molecule has 0 bridgehead atoms. The van der Waals surface area contributed by atoms with E-state index in [-0.39, 0.29) is 36.8 Å². The molecule has 1 aliphatic rings. The van der Waals surface area contributed by atoms with E-state index in [9.17, 15) is 9.59 Å². The minimum absolute atomic E-state index is 0.00299. The molecule has 0 aliphatic carbocycles. The van der Waals surface area contributed by atoms with Gasteiger partial charge in [0.15, 0.2) is 0 Å². The third-order valence-electron chi connectivity index (χ3n) is 5.40. The van der Waals surface area contributed by atoms with Crippen LogP contribution in [0.2, 0.25) is 0 Å². The molecule has 28 heavy (non-hydrogen) atoms. The van der Waals surface area contributed by atoms with Crippen molar-refractivity contribution < 1.29 is 19.1 Å². The van der Waals surface area contributed by atoms with Gasteiger partial charge in [0.25, 0.3) is 0 Å². The molecular weight excluding hydrogens is 354 g/mol. The molecule has 0 unspecified atom stereocenters. The fourth-order valence-corrected chi connectivity index (χ4v) is 3.80. The van der Waals surface area contributed by atoms with Crippen molar-refractivity contribution in [3.8, 4) is 5.75 Å². The number of carbonyl (C=O) groups excluding carboxylic acids is 2. The Morgan fingerprint density at radius 2 is 1.93 bits per heavy atom. The Labute approximate surface area is 166 Å². The van der Waals surface area contributed by atoms with E-state index in [0.717, 1.165) is 22.4 Å². The maximum atomic E-state index is 13.2. The Balaban J connectivity index is 1.85. The third-order valence-corrected chi connectivity index (χ3v) is 5.40. The molecule has 0 radical (unpaired) electrons. The molecule has 1 aliphatic heterocycles. The first-order chi connectivity index (χ1) is 13.4. The van der Waals surface area contributed by atoms with Gasteiger partial charge in [-0.05, 0) is 47.6 Å². The van der Waals surface area contributed by atoms with Crippen LogP contribution in [0.4, 0.5) is 4.79 Å². The first-order valence-electron chi connectivity index (χ1n) is 9.60. The number of benzene rings is 2. The van der Waals surface area contributed by atoms with Crippen molar-refractivity contribution >= 4 is 12.0 Å². The zero-order chi connectivity index (χ0) is 20.3. The lowest BCUT2D eigenvalue weighted by Crippen LogP contribution is -2.35.